The van der Waals surface area contributed by atoms with Gasteiger partial charge in [0, 0.05) is 5.56 Å². The zero-order chi connectivity index (χ0) is 27.5. The second kappa shape index (κ2) is 11.2. The summed E-state index contributed by atoms with van der Waals surface area (Å²) in [6.07, 6.45) is 0. The molecule has 0 spiro atoms. The van der Waals surface area contributed by atoms with E-state index in [1.165, 1.54) is 16.2 Å². The standard InChI is InChI=1S/C30H28N2O6S/c1-4-36-20-13-14-21-24(17-20)39-30(31-21)32-26(19-12-15-22(37-5-2)23(16-19)38-6-3)25(28(34)29(32)35)27(33)18-10-8-7-9-11-18/h7-17,26,33H,4-6H2,1-3H3. The van der Waals surface area contributed by atoms with Crippen molar-refractivity contribution in [2.24, 2.45) is 0 Å². The van der Waals surface area contributed by atoms with Crippen molar-refractivity contribution in [3.63, 3.8) is 0 Å². The summed E-state index contributed by atoms with van der Waals surface area (Å²) < 4.78 is 18.0. The zero-order valence-electron chi connectivity index (χ0n) is 21.8. The number of aromatic nitrogens is 1. The second-order valence-corrected chi connectivity index (χ2v) is 9.68. The Morgan fingerprint density at radius 2 is 1.62 bits per heavy atom. The van der Waals surface area contributed by atoms with Gasteiger partial charge in [0.2, 0.25) is 0 Å². The molecule has 8 nitrogen and oxygen atoms in total. The number of rotatable bonds is 9. The molecular weight excluding hydrogens is 516 g/mol. The highest BCUT2D eigenvalue weighted by Crippen LogP contribution is 2.46. The van der Waals surface area contributed by atoms with Gasteiger partial charge < -0.3 is 19.3 Å². The molecule has 0 saturated carbocycles. The van der Waals surface area contributed by atoms with Gasteiger partial charge in [0.25, 0.3) is 5.78 Å². The Kier molecular flexibility index (Phi) is 7.51. The van der Waals surface area contributed by atoms with Gasteiger partial charge in [-0.05, 0) is 56.7 Å². The molecule has 1 fully saturated rings. The van der Waals surface area contributed by atoms with E-state index < -0.39 is 17.7 Å². The van der Waals surface area contributed by atoms with Crippen molar-refractivity contribution in [3.8, 4) is 17.2 Å². The summed E-state index contributed by atoms with van der Waals surface area (Å²) in [7, 11) is 0. The number of aliphatic hydroxyl groups excluding tert-OH is 1. The number of nitrogens with zero attached hydrogens (tertiary/aromatic N) is 2. The molecule has 1 amide bonds. The minimum absolute atomic E-state index is 0.0212. The van der Waals surface area contributed by atoms with Gasteiger partial charge in [-0.1, -0.05) is 47.7 Å². The number of hydrogen-bond acceptors (Lipinski definition) is 8. The van der Waals surface area contributed by atoms with E-state index in [4.69, 9.17) is 14.2 Å². The minimum atomic E-state index is -0.938. The smallest absolute Gasteiger partial charge is 0.301 e. The fourth-order valence-corrected chi connectivity index (χ4v) is 5.61. The van der Waals surface area contributed by atoms with Crippen LogP contribution in [0.15, 0.2) is 72.3 Å². The van der Waals surface area contributed by atoms with Gasteiger partial charge >= 0.3 is 5.91 Å². The van der Waals surface area contributed by atoms with Crippen molar-refractivity contribution in [2.45, 2.75) is 26.8 Å². The maximum atomic E-state index is 13.6. The van der Waals surface area contributed by atoms with Crippen LogP contribution in [-0.4, -0.2) is 41.6 Å². The summed E-state index contributed by atoms with van der Waals surface area (Å²) >= 11 is 1.28. The number of ketones is 1. The number of carbonyl (C=O) groups excluding carboxylic acids is 2. The summed E-state index contributed by atoms with van der Waals surface area (Å²) in [5, 5.41) is 11.7. The molecule has 9 heteroatoms. The number of Topliss-reactive ketones (excluding diaryl/α,β-unsaturated/α-hetero) is 1. The number of amides is 1. The zero-order valence-corrected chi connectivity index (χ0v) is 22.7. The van der Waals surface area contributed by atoms with E-state index in [0.717, 1.165) is 4.70 Å². The van der Waals surface area contributed by atoms with Crippen LogP contribution in [0.25, 0.3) is 16.0 Å². The van der Waals surface area contributed by atoms with E-state index in [9.17, 15) is 14.7 Å². The predicted octanol–water partition coefficient (Wildman–Crippen LogP) is 6.12. The van der Waals surface area contributed by atoms with E-state index >= 15 is 0 Å². The Bertz CT molecular complexity index is 1560. The van der Waals surface area contributed by atoms with Crippen molar-refractivity contribution in [1.29, 1.82) is 0 Å². The molecule has 3 aromatic carbocycles. The molecular formula is C30H28N2O6S. The minimum Gasteiger partial charge on any atom is -0.507 e. The van der Waals surface area contributed by atoms with Crippen LogP contribution >= 0.6 is 11.3 Å². The maximum Gasteiger partial charge on any atom is 0.301 e. The quantitative estimate of drug-likeness (QED) is 0.154. The number of anilines is 1. The maximum absolute atomic E-state index is 13.6. The van der Waals surface area contributed by atoms with E-state index in [0.29, 0.717) is 58.8 Å². The molecule has 200 valence electrons. The highest BCUT2D eigenvalue weighted by Gasteiger charge is 2.48. The van der Waals surface area contributed by atoms with Crippen LogP contribution in [-0.2, 0) is 9.59 Å². The molecule has 4 aromatic rings. The lowest BCUT2D eigenvalue weighted by atomic mass is 9.95. The summed E-state index contributed by atoms with van der Waals surface area (Å²) in [5.74, 6) is -0.0981. The van der Waals surface area contributed by atoms with Gasteiger partial charge in [0.15, 0.2) is 16.6 Å². The Labute approximate surface area is 230 Å². The SMILES string of the molecule is CCOc1ccc2nc(N3C(=O)C(=O)C(=C(O)c4ccccc4)C3c3ccc(OCC)c(OCC)c3)sc2c1. The van der Waals surface area contributed by atoms with Gasteiger partial charge in [0.1, 0.15) is 11.5 Å². The molecule has 1 aliphatic rings. The van der Waals surface area contributed by atoms with Crippen LogP contribution in [0.5, 0.6) is 17.2 Å². The lowest BCUT2D eigenvalue weighted by Crippen LogP contribution is -2.29. The number of benzene rings is 3. The Morgan fingerprint density at radius 3 is 2.33 bits per heavy atom. The number of fused-ring (bicyclic) bond motifs is 1. The first kappa shape index (κ1) is 26.2. The number of ether oxygens (including phenoxy) is 3. The monoisotopic (exact) mass is 544 g/mol. The molecule has 0 bridgehead atoms. The highest BCUT2D eigenvalue weighted by atomic mass is 32.1. The van der Waals surface area contributed by atoms with Crippen molar-refractivity contribution in [2.75, 3.05) is 24.7 Å². The lowest BCUT2D eigenvalue weighted by Gasteiger charge is -2.24. The second-order valence-electron chi connectivity index (χ2n) is 8.67. The topological polar surface area (TPSA) is 98.2 Å². The molecule has 1 unspecified atom stereocenters. The summed E-state index contributed by atoms with van der Waals surface area (Å²) in [5.41, 5.74) is 1.66. The molecule has 1 saturated heterocycles. The lowest BCUT2D eigenvalue weighted by molar-refractivity contribution is -0.132. The van der Waals surface area contributed by atoms with E-state index in [-0.39, 0.29) is 11.3 Å². The highest BCUT2D eigenvalue weighted by molar-refractivity contribution is 7.22. The third-order valence-electron chi connectivity index (χ3n) is 6.24. The molecule has 0 aliphatic carbocycles. The molecule has 1 N–H and O–H groups in total. The largest absolute Gasteiger partial charge is 0.507 e. The number of thiazole rings is 1. The summed E-state index contributed by atoms with van der Waals surface area (Å²) in [4.78, 5) is 33.1. The molecule has 1 aromatic heterocycles. The van der Waals surface area contributed by atoms with Crippen LogP contribution in [0.4, 0.5) is 5.13 Å². The van der Waals surface area contributed by atoms with Gasteiger partial charge in [-0.2, -0.15) is 0 Å². The number of carbonyl (C=O) groups is 2. The van der Waals surface area contributed by atoms with Crippen molar-refractivity contribution in [1.82, 2.24) is 4.98 Å². The van der Waals surface area contributed by atoms with Crippen molar-refractivity contribution < 1.29 is 28.9 Å². The van der Waals surface area contributed by atoms with Gasteiger partial charge in [-0.25, -0.2) is 4.98 Å². The Balaban J connectivity index is 1.71. The van der Waals surface area contributed by atoms with Crippen LogP contribution in [0.2, 0.25) is 0 Å². The average Bonchev–Trinajstić information content (AvgIpc) is 3.48. The molecule has 5 rings (SSSR count). The van der Waals surface area contributed by atoms with Crippen molar-refractivity contribution in [3.05, 3.63) is 83.4 Å². The first-order chi connectivity index (χ1) is 19.0. The predicted molar refractivity (Wildman–Crippen MR) is 151 cm³/mol. The normalized spacial score (nSPS) is 16.6. The molecule has 1 aliphatic heterocycles. The third-order valence-corrected chi connectivity index (χ3v) is 7.26. The van der Waals surface area contributed by atoms with Gasteiger partial charge in [0.05, 0.1) is 41.7 Å². The van der Waals surface area contributed by atoms with E-state index in [2.05, 4.69) is 4.98 Å². The molecule has 39 heavy (non-hydrogen) atoms. The van der Waals surface area contributed by atoms with E-state index in [1.807, 2.05) is 45.0 Å². The first-order valence-electron chi connectivity index (χ1n) is 12.8. The van der Waals surface area contributed by atoms with Crippen molar-refractivity contribution >= 4 is 44.1 Å². The van der Waals surface area contributed by atoms with Crippen LogP contribution in [0.3, 0.4) is 0 Å². The van der Waals surface area contributed by atoms with Gasteiger partial charge in [-0.3, -0.25) is 14.5 Å². The fraction of sp³-hybridized carbons (Fsp3) is 0.233. The first-order valence-corrected chi connectivity index (χ1v) is 13.6. The van der Waals surface area contributed by atoms with Crippen LogP contribution in [0, 0.1) is 0 Å². The third kappa shape index (κ3) is 4.93. The van der Waals surface area contributed by atoms with Crippen LogP contribution < -0.4 is 19.1 Å². The summed E-state index contributed by atoms with van der Waals surface area (Å²) in [6, 6.07) is 18.5. The van der Waals surface area contributed by atoms with Crippen LogP contribution in [0.1, 0.15) is 37.9 Å². The van der Waals surface area contributed by atoms with Gasteiger partial charge in [-0.15, -0.1) is 0 Å². The molecule has 2 heterocycles. The molecule has 0 radical (unpaired) electrons. The fourth-order valence-electron chi connectivity index (χ4n) is 4.59. The molecule has 1 atom stereocenters. The number of hydrogen-bond donors (Lipinski definition) is 1. The Hall–Kier alpha value is -4.37. The summed E-state index contributed by atoms with van der Waals surface area (Å²) in [6.45, 7) is 7.01. The number of aliphatic hydroxyl groups is 1. The van der Waals surface area contributed by atoms with E-state index in [1.54, 1.807) is 42.5 Å². The Morgan fingerprint density at radius 1 is 0.897 bits per heavy atom. The average molecular weight is 545 g/mol.